The highest BCUT2D eigenvalue weighted by atomic mass is 32.2. The number of sulfonamides is 1. The lowest BCUT2D eigenvalue weighted by molar-refractivity contribution is -0.135. The van der Waals surface area contributed by atoms with Crippen molar-refractivity contribution in [2.45, 2.75) is 31.7 Å². The smallest absolute Gasteiger partial charge is 0.252 e. The fourth-order valence-corrected chi connectivity index (χ4v) is 5.22. The van der Waals surface area contributed by atoms with E-state index in [1.165, 1.54) is 23.5 Å². The number of carbonyl (C=O) groups excluding carboxylic acids is 2. The number of piperazine rings is 1. The molecule has 1 aliphatic heterocycles. The first-order chi connectivity index (χ1) is 15.6. The quantitative estimate of drug-likeness (QED) is 0.666. The second-order valence-electron chi connectivity index (χ2n) is 8.41. The zero-order chi connectivity index (χ0) is 24.2. The van der Waals surface area contributed by atoms with Crippen LogP contribution in [-0.4, -0.2) is 68.8 Å². The maximum absolute atomic E-state index is 13.2. The Morgan fingerprint density at radius 1 is 0.970 bits per heavy atom. The standard InChI is InChI=1S/C24H31N3O5S/c1-17(2)22(25-23(28)21-8-6-5-7-18(21)3)24(29)26-13-15-27(16-14-26)33(30,31)20-11-9-19(32-4)10-12-20/h5-12,17,22H,13-16H2,1-4H3,(H,25,28)/t22-/m0/s1. The zero-order valence-corrected chi connectivity index (χ0v) is 20.3. The molecule has 1 heterocycles. The fourth-order valence-electron chi connectivity index (χ4n) is 3.80. The molecule has 8 nitrogen and oxygen atoms in total. The topological polar surface area (TPSA) is 96.0 Å². The molecule has 1 aliphatic rings. The summed E-state index contributed by atoms with van der Waals surface area (Å²) in [5.41, 5.74) is 1.37. The number of hydrogen-bond acceptors (Lipinski definition) is 5. The normalized spacial score (nSPS) is 15.8. The summed E-state index contributed by atoms with van der Waals surface area (Å²) in [4.78, 5) is 27.8. The number of amides is 2. The summed E-state index contributed by atoms with van der Waals surface area (Å²) >= 11 is 0. The van der Waals surface area contributed by atoms with Gasteiger partial charge in [-0.05, 0) is 48.7 Å². The monoisotopic (exact) mass is 473 g/mol. The van der Waals surface area contributed by atoms with Gasteiger partial charge in [-0.25, -0.2) is 8.42 Å². The van der Waals surface area contributed by atoms with E-state index in [1.807, 2.05) is 32.9 Å². The van der Waals surface area contributed by atoms with Gasteiger partial charge in [-0.1, -0.05) is 32.0 Å². The van der Waals surface area contributed by atoms with Gasteiger partial charge in [0.15, 0.2) is 0 Å². The van der Waals surface area contributed by atoms with Crippen LogP contribution in [0.2, 0.25) is 0 Å². The Balaban J connectivity index is 1.66. The summed E-state index contributed by atoms with van der Waals surface area (Å²) in [6.07, 6.45) is 0. The average Bonchev–Trinajstić information content (AvgIpc) is 2.82. The first kappa shape index (κ1) is 24.7. The Hall–Kier alpha value is -2.91. The van der Waals surface area contributed by atoms with E-state index >= 15 is 0 Å². The molecule has 1 N–H and O–H groups in total. The molecule has 0 aromatic heterocycles. The highest BCUT2D eigenvalue weighted by molar-refractivity contribution is 7.89. The van der Waals surface area contributed by atoms with E-state index in [9.17, 15) is 18.0 Å². The number of nitrogens with zero attached hydrogens (tertiary/aromatic N) is 2. The number of hydrogen-bond donors (Lipinski definition) is 1. The number of carbonyl (C=O) groups is 2. The second kappa shape index (κ2) is 10.4. The van der Waals surface area contributed by atoms with Gasteiger partial charge in [0.2, 0.25) is 15.9 Å². The van der Waals surface area contributed by atoms with E-state index in [1.54, 1.807) is 29.2 Å². The van der Waals surface area contributed by atoms with Crippen molar-refractivity contribution in [2.75, 3.05) is 33.3 Å². The van der Waals surface area contributed by atoms with Gasteiger partial charge in [-0.3, -0.25) is 9.59 Å². The lowest BCUT2D eigenvalue weighted by atomic mass is 10.0. The van der Waals surface area contributed by atoms with Crippen LogP contribution in [0.1, 0.15) is 29.8 Å². The third kappa shape index (κ3) is 5.54. The van der Waals surface area contributed by atoms with Crippen LogP contribution in [0.15, 0.2) is 53.4 Å². The molecule has 1 saturated heterocycles. The van der Waals surface area contributed by atoms with Gasteiger partial charge in [0.1, 0.15) is 11.8 Å². The SMILES string of the molecule is COc1ccc(S(=O)(=O)N2CCN(C(=O)[C@@H](NC(=O)c3ccccc3C)C(C)C)CC2)cc1. The van der Waals surface area contributed by atoms with Gasteiger partial charge in [-0.2, -0.15) is 4.31 Å². The van der Waals surface area contributed by atoms with Crippen LogP contribution in [0, 0.1) is 12.8 Å². The molecular weight excluding hydrogens is 442 g/mol. The second-order valence-corrected chi connectivity index (χ2v) is 10.4. The first-order valence-corrected chi connectivity index (χ1v) is 12.4. The number of rotatable bonds is 7. The zero-order valence-electron chi connectivity index (χ0n) is 19.4. The Labute approximate surface area is 195 Å². The predicted octanol–water partition coefficient (Wildman–Crippen LogP) is 2.29. The van der Waals surface area contributed by atoms with Gasteiger partial charge >= 0.3 is 0 Å². The Morgan fingerprint density at radius 3 is 2.12 bits per heavy atom. The maximum Gasteiger partial charge on any atom is 0.252 e. The summed E-state index contributed by atoms with van der Waals surface area (Å²) < 4.78 is 32.4. The first-order valence-electron chi connectivity index (χ1n) is 10.9. The number of benzene rings is 2. The van der Waals surface area contributed by atoms with E-state index in [-0.39, 0.29) is 48.8 Å². The van der Waals surface area contributed by atoms with Crippen LogP contribution in [-0.2, 0) is 14.8 Å². The summed E-state index contributed by atoms with van der Waals surface area (Å²) in [7, 11) is -2.14. The van der Waals surface area contributed by atoms with Crippen molar-refractivity contribution in [3.63, 3.8) is 0 Å². The minimum atomic E-state index is -3.66. The fraction of sp³-hybridized carbons (Fsp3) is 0.417. The average molecular weight is 474 g/mol. The summed E-state index contributed by atoms with van der Waals surface area (Å²) in [5, 5.41) is 2.87. The third-order valence-corrected chi connectivity index (χ3v) is 7.77. The molecule has 2 amide bonds. The van der Waals surface area contributed by atoms with Crippen LogP contribution in [0.3, 0.4) is 0 Å². The van der Waals surface area contributed by atoms with E-state index in [0.29, 0.717) is 11.3 Å². The molecule has 2 aromatic rings. The number of aryl methyl sites for hydroxylation is 1. The summed E-state index contributed by atoms with van der Waals surface area (Å²) in [6.45, 7) is 6.52. The summed E-state index contributed by atoms with van der Waals surface area (Å²) in [6, 6.07) is 12.8. The predicted molar refractivity (Wildman–Crippen MR) is 126 cm³/mol. The molecule has 2 aromatic carbocycles. The highest BCUT2D eigenvalue weighted by Gasteiger charge is 2.34. The molecule has 9 heteroatoms. The molecule has 0 saturated carbocycles. The van der Waals surface area contributed by atoms with E-state index in [2.05, 4.69) is 5.32 Å². The van der Waals surface area contributed by atoms with Crippen LogP contribution < -0.4 is 10.1 Å². The van der Waals surface area contributed by atoms with Crippen molar-refractivity contribution in [2.24, 2.45) is 5.92 Å². The Bertz CT molecular complexity index is 1090. The van der Waals surface area contributed by atoms with Crippen molar-refractivity contribution in [1.29, 1.82) is 0 Å². The molecule has 1 atom stereocenters. The minimum Gasteiger partial charge on any atom is -0.497 e. The van der Waals surface area contributed by atoms with E-state index in [4.69, 9.17) is 4.74 Å². The Morgan fingerprint density at radius 2 is 1.58 bits per heavy atom. The molecule has 3 rings (SSSR count). The third-order valence-electron chi connectivity index (χ3n) is 5.86. The summed E-state index contributed by atoms with van der Waals surface area (Å²) in [5.74, 6) is -0.0299. The van der Waals surface area contributed by atoms with Gasteiger partial charge in [0.05, 0.1) is 12.0 Å². The molecule has 0 bridgehead atoms. The van der Waals surface area contributed by atoms with Gasteiger partial charge in [0.25, 0.3) is 5.91 Å². The molecular formula is C24H31N3O5S. The van der Waals surface area contributed by atoms with Crippen molar-refractivity contribution in [1.82, 2.24) is 14.5 Å². The minimum absolute atomic E-state index is 0.119. The molecule has 178 valence electrons. The number of ether oxygens (including phenoxy) is 1. The van der Waals surface area contributed by atoms with E-state index < -0.39 is 16.1 Å². The highest BCUT2D eigenvalue weighted by Crippen LogP contribution is 2.21. The lowest BCUT2D eigenvalue weighted by Gasteiger charge is -2.36. The molecule has 0 radical (unpaired) electrons. The van der Waals surface area contributed by atoms with Crippen LogP contribution in [0.4, 0.5) is 0 Å². The van der Waals surface area contributed by atoms with Gasteiger partial charge < -0.3 is 15.0 Å². The molecule has 0 unspecified atom stereocenters. The molecule has 0 aliphatic carbocycles. The Kier molecular flexibility index (Phi) is 7.76. The van der Waals surface area contributed by atoms with Gasteiger partial charge in [-0.15, -0.1) is 0 Å². The maximum atomic E-state index is 13.2. The molecule has 33 heavy (non-hydrogen) atoms. The van der Waals surface area contributed by atoms with Gasteiger partial charge in [0, 0.05) is 31.7 Å². The van der Waals surface area contributed by atoms with Crippen molar-refractivity contribution in [3.05, 3.63) is 59.7 Å². The van der Waals surface area contributed by atoms with Crippen LogP contribution >= 0.6 is 0 Å². The number of nitrogens with one attached hydrogen (secondary N) is 1. The van der Waals surface area contributed by atoms with Crippen LogP contribution in [0.25, 0.3) is 0 Å². The van der Waals surface area contributed by atoms with Crippen molar-refractivity contribution >= 4 is 21.8 Å². The lowest BCUT2D eigenvalue weighted by Crippen LogP contribution is -2.57. The largest absolute Gasteiger partial charge is 0.497 e. The number of methoxy groups -OCH3 is 1. The van der Waals surface area contributed by atoms with Crippen LogP contribution in [0.5, 0.6) is 5.75 Å². The van der Waals surface area contributed by atoms with Crippen molar-refractivity contribution in [3.8, 4) is 5.75 Å². The van der Waals surface area contributed by atoms with E-state index in [0.717, 1.165) is 5.56 Å². The van der Waals surface area contributed by atoms with Crippen molar-refractivity contribution < 1.29 is 22.7 Å². The molecule has 0 spiro atoms. The molecule has 1 fully saturated rings.